The minimum atomic E-state index is -0.397. The van der Waals surface area contributed by atoms with E-state index in [1.807, 2.05) is 20.0 Å². The Labute approximate surface area is 193 Å². The molecule has 1 aromatic rings. The van der Waals surface area contributed by atoms with Gasteiger partial charge in [0.05, 0.1) is 17.7 Å². The van der Waals surface area contributed by atoms with Crippen molar-refractivity contribution in [3.63, 3.8) is 0 Å². The second kappa shape index (κ2) is 9.48. The minimum absolute atomic E-state index is 0.147. The smallest absolute Gasteiger partial charge is 0.302 e. The molecule has 10 heteroatoms. The topological polar surface area (TPSA) is 116 Å². The summed E-state index contributed by atoms with van der Waals surface area (Å²) in [6.07, 6.45) is 7.09. The molecule has 0 radical (unpaired) electrons. The summed E-state index contributed by atoms with van der Waals surface area (Å²) in [5.41, 5.74) is 1.82. The maximum Gasteiger partial charge on any atom is 0.302 e. The van der Waals surface area contributed by atoms with E-state index in [4.69, 9.17) is 14.2 Å². The summed E-state index contributed by atoms with van der Waals surface area (Å²) in [5, 5.41) is 5.75. The summed E-state index contributed by atoms with van der Waals surface area (Å²) in [4.78, 5) is 32.5. The molecule has 0 bridgehead atoms. The Bertz CT molecular complexity index is 1000. The summed E-state index contributed by atoms with van der Waals surface area (Å²) in [5.74, 6) is 0.220. The maximum absolute atomic E-state index is 12.1. The maximum atomic E-state index is 12.1. The molecule has 2 atom stereocenters. The van der Waals surface area contributed by atoms with Gasteiger partial charge >= 0.3 is 5.97 Å². The van der Waals surface area contributed by atoms with E-state index in [0.717, 1.165) is 31.3 Å². The number of fused-ring (bicyclic) bond motifs is 1. The Morgan fingerprint density at radius 1 is 1.42 bits per heavy atom. The zero-order valence-corrected chi connectivity index (χ0v) is 19.3. The molecule has 2 N–H and O–H groups in total. The number of nitrogens with one attached hydrogen (secondary N) is 2. The van der Waals surface area contributed by atoms with Crippen LogP contribution in [-0.4, -0.2) is 53.5 Å². The molecule has 4 rings (SSSR count). The van der Waals surface area contributed by atoms with Gasteiger partial charge in [-0.3, -0.25) is 19.5 Å². The highest BCUT2D eigenvalue weighted by molar-refractivity contribution is 6.04. The molecule has 33 heavy (non-hydrogen) atoms. The lowest BCUT2D eigenvalue weighted by molar-refractivity contribution is -0.174. The zero-order valence-electron chi connectivity index (χ0n) is 19.3. The van der Waals surface area contributed by atoms with Gasteiger partial charge in [-0.1, -0.05) is 20.4 Å². The van der Waals surface area contributed by atoms with Gasteiger partial charge in [0.15, 0.2) is 12.1 Å². The van der Waals surface area contributed by atoms with Crippen LogP contribution in [0.15, 0.2) is 23.5 Å². The number of aliphatic imine (C=N–C) groups is 1. The van der Waals surface area contributed by atoms with E-state index in [1.165, 1.54) is 6.92 Å². The fourth-order valence-electron chi connectivity index (χ4n) is 3.76. The largest absolute Gasteiger partial charge is 0.465 e. The van der Waals surface area contributed by atoms with Gasteiger partial charge in [-0.15, -0.1) is 0 Å². The molecule has 3 aliphatic rings. The summed E-state index contributed by atoms with van der Waals surface area (Å²) in [6, 6.07) is 0. The summed E-state index contributed by atoms with van der Waals surface area (Å²) in [7, 11) is 0. The number of carbonyl (C=O) groups is 2. The molecule has 10 nitrogen and oxygen atoms in total. The van der Waals surface area contributed by atoms with Crippen LogP contribution in [0.25, 0.3) is 11.9 Å². The zero-order chi connectivity index (χ0) is 23.6. The number of amides is 1. The third-order valence-electron chi connectivity index (χ3n) is 5.92. The van der Waals surface area contributed by atoms with E-state index in [9.17, 15) is 9.59 Å². The predicted molar refractivity (Wildman–Crippen MR) is 122 cm³/mol. The van der Waals surface area contributed by atoms with Gasteiger partial charge in [-0.2, -0.15) is 4.99 Å². The molecule has 2 aliphatic heterocycles. The van der Waals surface area contributed by atoms with Crippen molar-refractivity contribution in [2.45, 2.75) is 52.7 Å². The van der Waals surface area contributed by atoms with Crippen molar-refractivity contribution >= 4 is 35.6 Å². The molecule has 2 fully saturated rings. The number of hydrogen-bond donors (Lipinski definition) is 2. The number of aromatic nitrogens is 2. The highest BCUT2D eigenvalue weighted by Gasteiger charge is 2.51. The number of rotatable bonds is 7. The number of nitrogens with zero attached hydrogens (tertiary/aromatic N) is 3. The second-order valence-electron chi connectivity index (χ2n) is 9.03. The third-order valence-corrected chi connectivity index (χ3v) is 5.92. The molecule has 1 saturated heterocycles. The van der Waals surface area contributed by atoms with E-state index in [0.29, 0.717) is 36.4 Å². The Balaban J connectivity index is 1.53. The molecule has 0 spiro atoms. The van der Waals surface area contributed by atoms with Crippen LogP contribution in [0.1, 0.15) is 52.1 Å². The molecule has 1 saturated carbocycles. The predicted octanol–water partition coefficient (Wildman–Crippen LogP) is 2.55. The number of carbonyl (C=O) groups excluding carboxylic acids is 2. The molecule has 178 valence electrons. The van der Waals surface area contributed by atoms with Gasteiger partial charge in [0.2, 0.25) is 11.9 Å². The lowest BCUT2D eigenvalue weighted by Gasteiger charge is -2.25. The lowest BCUT2D eigenvalue weighted by atomic mass is 10.1. The minimum Gasteiger partial charge on any atom is -0.465 e. The molecule has 0 aromatic carbocycles. The van der Waals surface area contributed by atoms with Gasteiger partial charge in [0.25, 0.3) is 0 Å². The van der Waals surface area contributed by atoms with Crippen LogP contribution >= 0.6 is 0 Å². The second-order valence-corrected chi connectivity index (χ2v) is 9.03. The lowest BCUT2D eigenvalue weighted by Crippen LogP contribution is -2.42. The van der Waals surface area contributed by atoms with Crippen LogP contribution in [0.5, 0.6) is 0 Å². The number of guanidine groups is 1. The molecular weight excluding hydrogens is 426 g/mol. The average Bonchev–Trinajstić information content (AvgIpc) is 3.31. The SMILES string of the molecule is C=C1NC(NC(=O)C(C)C)=Nc2c1ncn2/C=C1/CC1(COC(C)=O)COC1CCCCO1. The number of ether oxygens (including phenoxy) is 3. The van der Waals surface area contributed by atoms with E-state index in [-0.39, 0.29) is 30.7 Å². The van der Waals surface area contributed by atoms with Gasteiger partial charge in [0, 0.05) is 25.6 Å². The summed E-state index contributed by atoms with van der Waals surface area (Å²) in [6.45, 7) is 10.4. The van der Waals surface area contributed by atoms with Crippen molar-refractivity contribution in [3.05, 3.63) is 24.2 Å². The molecule has 2 unspecified atom stereocenters. The van der Waals surface area contributed by atoms with Crippen molar-refractivity contribution in [1.29, 1.82) is 0 Å². The van der Waals surface area contributed by atoms with Gasteiger partial charge < -0.3 is 19.5 Å². The van der Waals surface area contributed by atoms with Gasteiger partial charge in [-0.25, -0.2) is 4.98 Å². The molecular formula is C23H31N5O5. The number of imidazole rings is 1. The van der Waals surface area contributed by atoms with E-state index in [1.54, 1.807) is 10.9 Å². The normalized spacial score (nSPS) is 25.3. The molecule has 1 aliphatic carbocycles. The molecule has 3 heterocycles. The highest BCUT2D eigenvalue weighted by atomic mass is 16.7. The van der Waals surface area contributed by atoms with Crippen LogP contribution in [0, 0.1) is 11.3 Å². The van der Waals surface area contributed by atoms with Crippen molar-refractivity contribution in [2.24, 2.45) is 16.3 Å². The Kier molecular flexibility index (Phi) is 6.66. The fourth-order valence-corrected chi connectivity index (χ4v) is 3.76. The van der Waals surface area contributed by atoms with Crippen molar-refractivity contribution in [1.82, 2.24) is 20.2 Å². The monoisotopic (exact) mass is 457 g/mol. The first-order valence-electron chi connectivity index (χ1n) is 11.3. The quantitative estimate of drug-likeness (QED) is 0.605. The first kappa shape index (κ1) is 23.2. The highest BCUT2D eigenvalue weighted by Crippen LogP contribution is 2.53. The first-order chi connectivity index (χ1) is 15.8. The third kappa shape index (κ3) is 5.33. The van der Waals surface area contributed by atoms with Crippen LogP contribution < -0.4 is 10.6 Å². The van der Waals surface area contributed by atoms with E-state index >= 15 is 0 Å². The Morgan fingerprint density at radius 2 is 2.24 bits per heavy atom. The summed E-state index contributed by atoms with van der Waals surface area (Å²) < 4.78 is 18.9. The number of hydrogen-bond acceptors (Lipinski definition) is 8. The van der Waals surface area contributed by atoms with Crippen LogP contribution in [0.3, 0.4) is 0 Å². The Morgan fingerprint density at radius 3 is 2.94 bits per heavy atom. The first-order valence-corrected chi connectivity index (χ1v) is 11.3. The van der Waals surface area contributed by atoms with E-state index in [2.05, 4.69) is 27.2 Å². The molecule has 1 amide bonds. The van der Waals surface area contributed by atoms with Crippen LogP contribution in [-0.2, 0) is 23.8 Å². The molecule has 1 aromatic heterocycles. The van der Waals surface area contributed by atoms with Gasteiger partial charge in [0.1, 0.15) is 18.6 Å². The Hall–Kier alpha value is -2.98. The average molecular weight is 458 g/mol. The standard InChI is InChI=1S/C23H31N5O5/c1-14(2)21(30)27-22-25-15(3)19-20(26-22)28(13-24-19)10-17-9-23(17,11-32-16(4)29)12-33-18-7-5-6-8-31-18/h10,13-14,18H,3,5-9,11-12H2,1-2,4H3,(H2,25,26,27,30)/b17-10-. The van der Waals surface area contributed by atoms with Crippen molar-refractivity contribution in [3.8, 4) is 0 Å². The number of esters is 1. The van der Waals surface area contributed by atoms with Crippen molar-refractivity contribution in [2.75, 3.05) is 19.8 Å². The van der Waals surface area contributed by atoms with Crippen LogP contribution in [0.2, 0.25) is 0 Å². The van der Waals surface area contributed by atoms with E-state index < -0.39 is 5.41 Å². The fraction of sp³-hybridized carbons (Fsp3) is 0.565. The van der Waals surface area contributed by atoms with Crippen molar-refractivity contribution < 1.29 is 23.8 Å². The summed E-state index contributed by atoms with van der Waals surface area (Å²) >= 11 is 0. The van der Waals surface area contributed by atoms with Crippen LogP contribution in [0.4, 0.5) is 5.82 Å². The van der Waals surface area contributed by atoms with Gasteiger partial charge in [-0.05, 0) is 31.3 Å².